The van der Waals surface area contributed by atoms with Crippen LogP contribution in [-0.4, -0.2) is 5.91 Å². The van der Waals surface area contributed by atoms with Crippen molar-refractivity contribution >= 4 is 16.7 Å². The maximum atomic E-state index is 10.9. The van der Waals surface area contributed by atoms with E-state index in [1.54, 1.807) is 0 Å². The maximum Gasteiger partial charge on any atom is 0.244 e. The number of carbonyl (C=O) groups excluding carboxylic acids is 1. The summed E-state index contributed by atoms with van der Waals surface area (Å²) in [5, 5.41) is 2.45. The molecule has 0 aliphatic carbocycles. The molecule has 0 aliphatic rings. The zero-order valence-corrected chi connectivity index (χ0v) is 9.65. The Labute approximate surface area is 101 Å². The van der Waals surface area contributed by atoms with Gasteiger partial charge in [0.15, 0.2) is 0 Å². The fourth-order valence-corrected chi connectivity index (χ4v) is 1.92. The van der Waals surface area contributed by atoms with Crippen LogP contribution in [-0.2, 0) is 11.2 Å². The quantitative estimate of drug-likeness (QED) is 0.799. The van der Waals surface area contributed by atoms with Crippen LogP contribution in [0.1, 0.15) is 12.0 Å². The van der Waals surface area contributed by atoms with Gasteiger partial charge in [-0.25, -0.2) is 0 Å². The lowest BCUT2D eigenvalue weighted by Gasteiger charge is -2.06. The van der Waals surface area contributed by atoms with Crippen LogP contribution in [0.25, 0.3) is 10.8 Å². The monoisotopic (exact) mass is 225 g/mol. The van der Waals surface area contributed by atoms with Gasteiger partial charge in [-0.05, 0) is 29.2 Å². The number of rotatable bonds is 4. The Kier molecular flexibility index (Phi) is 3.24. The SMILES string of the molecule is C=C(CCc1cccc2ccccc12)C(N)=O. The Hall–Kier alpha value is -2.09. The van der Waals surface area contributed by atoms with Crippen LogP contribution >= 0.6 is 0 Å². The van der Waals surface area contributed by atoms with Crippen LogP contribution in [0, 0.1) is 0 Å². The molecular formula is C15H15NO. The van der Waals surface area contributed by atoms with Crippen molar-refractivity contribution in [2.45, 2.75) is 12.8 Å². The molecule has 2 heteroatoms. The van der Waals surface area contributed by atoms with Gasteiger partial charge in [0, 0.05) is 5.57 Å². The van der Waals surface area contributed by atoms with Gasteiger partial charge in [-0.3, -0.25) is 4.79 Å². The molecule has 0 saturated heterocycles. The second-order valence-corrected chi connectivity index (χ2v) is 4.11. The molecule has 0 fully saturated rings. The highest BCUT2D eigenvalue weighted by atomic mass is 16.1. The zero-order valence-electron chi connectivity index (χ0n) is 9.65. The van der Waals surface area contributed by atoms with Gasteiger partial charge >= 0.3 is 0 Å². The van der Waals surface area contributed by atoms with E-state index in [0.29, 0.717) is 12.0 Å². The average molecular weight is 225 g/mol. The number of benzene rings is 2. The van der Waals surface area contributed by atoms with Crippen LogP contribution in [0.5, 0.6) is 0 Å². The fraction of sp³-hybridized carbons (Fsp3) is 0.133. The van der Waals surface area contributed by atoms with Gasteiger partial charge in [0.05, 0.1) is 0 Å². The van der Waals surface area contributed by atoms with Crippen LogP contribution in [0.3, 0.4) is 0 Å². The van der Waals surface area contributed by atoms with Gasteiger partial charge in [-0.15, -0.1) is 0 Å². The second-order valence-electron chi connectivity index (χ2n) is 4.11. The van der Waals surface area contributed by atoms with Crippen LogP contribution in [0.2, 0.25) is 0 Å². The fourth-order valence-electron chi connectivity index (χ4n) is 1.92. The number of aryl methyl sites for hydroxylation is 1. The molecule has 2 aromatic carbocycles. The first-order chi connectivity index (χ1) is 8.18. The summed E-state index contributed by atoms with van der Waals surface area (Å²) in [7, 11) is 0. The predicted molar refractivity (Wildman–Crippen MR) is 70.6 cm³/mol. The largest absolute Gasteiger partial charge is 0.366 e. The highest BCUT2D eigenvalue weighted by molar-refractivity contribution is 5.91. The number of amides is 1. The van der Waals surface area contributed by atoms with E-state index in [9.17, 15) is 4.79 Å². The van der Waals surface area contributed by atoms with E-state index in [-0.39, 0.29) is 0 Å². The van der Waals surface area contributed by atoms with Crippen LogP contribution in [0.4, 0.5) is 0 Å². The molecule has 1 amide bonds. The van der Waals surface area contributed by atoms with Gasteiger partial charge in [0.2, 0.25) is 5.91 Å². The van der Waals surface area contributed by atoms with E-state index < -0.39 is 5.91 Å². The normalized spacial score (nSPS) is 10.4. The molecular weight excluding hydrogens is 210 g/mol. The summed E-state index contributed by atoms with van der Waals surface area (Å²) in [4.78, 5) is 10.9. The Morgan fingerprint density at radius 1 is 1.12 bits per heavy atom. The zero-order chi connectivity index (χ0) is 12.3. The number of hydrogen-bond acceptors (Lipinski definition) is 1. The number of carbonyl (C=O) groups is 1. The summed E-state index contributed by atoms with van der Waals surface area (Å²) < 4.78 is 0. The first-order valence-corrected chi connectivity index (χ1v) is 5.62. The average Bonchev–Trinajstić information content (AvgIpc) is 2.35. The van der Waals surface area contributed by atoms with Crippen molar-refractivity contribution < 1.29 is 4.79 Å². The standard InChI is InChI=1S/C15H15NO/c1-11(15(16)17)9-10-13-7-4-6-12-5-2-3-8-14(12)13/h2-8H,1,9-10H2,(H2,16,17). The Bertz CT molecular complexity index is 567. The molecule has 0 radical (unpaired) electrons. The summed E-state index contributed by atoms with van der Waals surface area (Å²) in [5.41, 5.74) is 6.89. The summed E-state index contributed by atoms with van der Waals surface area (Å²) >= 11 is 0. The van der Waals surface area contributed by atoms with E-state index in [1.807, 2.05) is 18.2 Å². The molecule has 0 spiro atoms. The number of nitrogens with two attached hydrogens (primary N) is 1. The Morgan fingerprint density at radius 3 is 2.59 bits per heavy atom. The third-order valence-corrected chi connectivity index (χ3v) is 2.92. The smallest absolute Gasteiger partial charge is 0.244 e. The van der Waals surface area contributed by atoms with Crippen molar-refractivity contribution in [2.75, 3.05) is 0 Å². The van der Waals surface area contributed by atoms with E-state index >= 15 is 0 Å². The summed E-state index contributed by atoms with van der Waals surface area (Å²) in [6.07, 6.45) is 1.41. The molecule has 0 saturated carbocycles. The van der Waals surface area contributed by atoms with Crippen LogP contribution in [0.15, 0.2) is 54.6 Å². The van der Waals surface area contributed by atoms with Crippen molar-refractivity contribution in [2.24, 2.45) is 5.73 Å². The highest BCUT2D eigenvalue weighted by Crippen LogP contribution is 2.20. The maximum absolute atomic E-state index is 10.9. The Balaban J connectivity index is 2.24. The van der Waals surface area contributed by atoms with Gasteiger partial charge in [-0.1, -0.05) is 49.0 Å². The first-order valence-electron chi connectivity index (χ1n) is 5.62. The topological polar surface area (TPSA) is 43.1 Å². The minimum Gasteiger partial charge on any atom is -0.366 e. The van der Waals surface area contributed by atoms with Gasteiger partial charge in [-0.2, -0.15) is 0 Å². The summed E-state index contributed by atoms with van der Waals surface area (Å²) in [5.74, 6) is -0.412. The van der Waals surface area contributed by atoms with Gasteiger partial charge in [0.25, 0.3) is 0 Å². The van der Waals surface area contributed by atoms with Crippen molar-refractivity contribution in [1.82, 2.24) is 0 Å². The lowest BCUT2D eigenvalue weighted by molar-refractivity contribution is -0.114. The van der Waals surface area contributed by atoms with E-state index in [1.165, 1.54) is 16.3 Å². The molecule has 2 nitrogen and oxygen atoms in total. The molecule has 17 heavy (non-hydrogen) atoms. The number of hydrogen-bond donors (Lipinski definition) is 1. The minimum atomic E-state index is -0.412. The lowest BCUT2D eigenvalue weighted by Crippen LogP contribution is -2.13. The predicted octanol–water partition coefficient (Wildman–Crippen LogP) is 2.81. The number of fused-ring (bicyclic) bond motifs is 1. The molecule has 2 rings (SSSR count). The van der Waals surface area contributed by atoms with Crippen molar-refractivity contribution in [3.63, 3.8) is 0 Å². The van der Waals surface area contributed by atoms with Crippen molar-refractivity contribution in [3.05, 3.63) is 60.2 Å². The van der Waals surface area contributed by atoms with Crippen LogP contribution < -0.4 is 5.73 Å². The van der Waals surface area contributed by atoms with E-state index in [4.69, 9.17) is 5.73 Å². The van der Waals surface area contributed by atoms with E-state index in [0.717, 1.165) is 6.42 Å². The van der Waals surface area contributed by atoms with Crippen molar-refractivity contribution in [3.8, 4) is 0 Å². The molecule has 0 aromatic heterocycles. The third kappa shape index (κ3) is 2.53. The van der Waals surface area contributed by atoms with Crippen molar-refractivity contribution in [1.29, 1.82) is 0 Å². The van der Waals surface area contributed by atoms with Gasteiger partial charge < -0.3 is 5.73 Å². The Morgan fingerprint density at radius 2 is 1.82 bits per heavy atom. The molecule has 0 atom stereocenters. The molecule has 86 valence electrons. The molecule has 0 aliphatic heterocycles. The molecule has 0 bridgehead atoms. The second kappa shape index (κ2) is 4.83. The first kappa shape index (κ1) is 11.4. The van der Waals surface area contributed by atoms with E-state index in [2.05, 4.69) is 30.8 Å². The molecule has 2 aromatic rings. The summed E-state index contributed by atoms with van der Waals surface area (Å²) in [6.45, 7) is 3.67. The highest BCUT2D eigenvalue weighted by Gasteiger charge is 2.04. The molecule has 0 unspecified atom stereocenters. The summed E-state index contributed by atoms with van der Waals surface area (Å²) in [6, 6.07) is 14.4. The van der Waals surface area contributed by atoms with Gasteiger partial charge in [0.1, 0.15) is 0 Å². The molecule has 0 heterocycles. The minimum absolute atomic E-state index is 0.412. The number of primary amides is 1. The third-order valence-electron chi connectivity index (χ3n) is 2.92. The lowest BCUT2D eigenvalue weighted by atomic mass is 9.99. The molecule has 2 N–H and O–H groups in total.